The average Bonchev–Trinajstić information content (AvgIpc) is 2.88. The number of carbonyl (C=O) groups is 1. The van der Waals surface area contributed by atoms with Crippen molar-refractivity contribution in [2.45, 2.75) is 39.3 Å². The molecule has 1 aromatic heterocycles. The molecule has 0 aliphatic carbocycles. The van der Waals surface area contributed by atoms with E-state index < -0.39 is 0 Å². The number of nitrogens with one attached hydrogen (secondary N) is 1. The highest BCUT2D eigenvalue weighted by molar-refractivity contribution is 7.09. The van der Waals surface area contributed by atoms with E-state index >= 15 is 0 Å². The van der Waals surface area contributed by atoms with Gasteiger partial charge in [0, 0.05) is 37.7 Å². The molecule has 1 amide bonds. The average molecular weight is 297 g/mol. The molecule has 1 aliphatic heterocycles. The Morgan fingerprint density at radius 1 is 1.70 bits per heavy atom. The summed E-state index contributed by atoms with van der Waals surface area (Å²) < 4.78 is 5.52. The number of piperazine rings is 1. The van der Waals surface area contributed by atoms with Crippen molar-refractivity contribution >= 4 is 17.2 Å². The van der Waals surface area contributed by atoms with Gasteiger partial charge < -0.3 is 15.0 Å². The van der Waals surface area contributed by atoms with Crippen LogP contribution in [0.5, 0.6) is 0 Å². The second-order valence-corrected chi connectivity index (χ2v) is 5.98. The Kier molecular flexibility index (Phi) is 5.51. The van der Waals surface area contributed by atoms with Crippen molar-refractivity contribution in [1.29, 1.82) is 0 Å². The lowest BCUT2D eigenvalue weighted by Gasteiger charge is -2.33. The van der Waals surface area contributed by atoms with Crippen molar-refractivity contribution < 1.29 is 9.53 Å². The molecule has 0 bridgehead atoms. The first-order valence-corrected chi connectivity index (χ1v) is 8.05. The van der Waals surface area contributed by atoms with Crippen LogP contribution in [-0.2, 0) is 16.0 Å². The normalized spacial score (nSPS) is 20.9. The van der Waals surface area contributed by atoms with Crippen LogP contribution >= 0.6 is 11.3 Å². The van der Waals surface area contributed by atoms with E-state index in [9.17, 15) is 4.79 Å². The van der Waals surface area contributed by atoms with Gasteiger partial charge in [-0.1, -0.05) is 0 Å². The Balaban J connectivity index is 1.94. The molecular weight excluding hydrogens is 274 g/mol. The number of ether oxygens (including phenoxy) is 1. The van der Waals surface area contributed by atoms with Gasteiger partial charge in [-0.25, -0.2) is 4.98 Å². The molecular formula is C14H23N3O2S. The molecule has 0 spiro atoms. The third kappa shape index (κ3) is 3.77. The van der Waals surface area contributed by atoms with Gasteiger partial charge in [-0.15, -0.1) is 11.3 Å². The summed E-state index contributed by atoms with van der Waals surface area (Å²) >= 11 is 1.57. The van der Waals surface area contributed by atoms with Crippen LogP contribution in [0.4, 0.5) is 0 Å². The monoisotopic (exact) mass is 297 g/mol. The predicted octanol–water partition coefficient (Wildman–Crippen LogP) is 1.60. The standard InChI is InChI=1S/C14H23N3O2S/c1-4-19-11(3)14-16-12(9-20-14)7-13(18)17-6-5-15-8-10(17)2/h9-11,15H,4-8H2,1-3H3/t10-,11?/m0/s1. The molecule has 1 aromatic rings. The lowest BCUT2D eigenvalue weighted by molar-refractivity contribution is -0.133. The highest BCUT2D eigenvalue weighted by atomic mass is 32.1. The zero-order valence-electron chi connectivity index (χ0n) is 12.4. The van der Waals surface area contributed by atoms with E-state index in [0.29, 0.717) is 13.0 Å². The molecule has 6 heteroatoms. The minimum Gasteiger partial charge on any atom is -0.372 e. The maximum absolute atomic E-state index is 12.3. The van der Waals surface area contributed by atoms with Crippen LogP contribution in [0, 0.1) is 0 Å². The predicted molar refractivity (Wildman–Crippen MR) is 79.9 cm³/mol. The number of aromatic nitrogens is 1. The second kappa shape index (κ2) is 7.15. The minimum atomic E-state index is 0.00645. The Hall–Kier alpha value is -0.980. The van der Waals surface area contributed by atoms with E-state index in [1.165, 1.54) is 0 Å². The van der Waals surface area contributed by atoms with Crippen LogP contribution in [0.15, 0.2) is 5.38 Å². The van der Waals surface area contributed by atoms with Gasteiger partial charge in [0.15, 0.2) is 0 Å². The molecule has 0 radical (unpaired) electrons. The van der Waals surface area contributed by atoms with Crippen LogP contribution in [0.3, 0.4) is 0 Å². The lowest BCUT2D eigenvalue weighted by Crippen LogP contribution is -2.52. The fourth-order valence-corrected chi connectivity index (χ4v) is 3.20. The van der Waals surface area contributed by atoms with Crippen molar-refractivity contribution in [2.75, 3.05) is 26.2 Å². The molecule has 5 nitrogen and oxygen atoms in total. The van der Waals surface area contributed by atoms with Crippen LogP contribution in [0.1, 0.15) is 37.6 Å². The Morgan fingerprint density at radius 3 is 3.20 bits per heavy atom. The number of amides is 1. The molecule has 112 valence electrons. The maximum Gasteiger partial charge on any atom is 0.228 e. The first kappa shape index (κ1) is 15.4. The van der Waals surface area contributed by atoms with Crippen molar-refractivity contribution in [2.24, 2.45) is 0 Å². The quantitative estimate of drug-likeness (QED) is 0.897. The summed E-state index contributed by atoms with van der Waals surface area (Å²) in [6.07, 6.45) is 0.395. The number of thiazole rings is 1. The van der Waals surface area contributed by atoms with E-state index in [1.807, 2.05) is 24.1 Å². The van der Waals surface area contributed by atoms with E-state index in [0.717, 1.165) is 30.3 Å². The molecule has 1 N–H and O–H groups in total. The first-order valence-electron chi connectivity index (χ1n) is 7.18. The molecule has 0 aromatic carbocycles. The molecule has 1 fully saturated rings. The highest BCUT2D eigenvalue weighted by Crippen LogP contribution is 2.21. The molecule has 1 saturated heterocycles. The van der Waals surface area contributed by atoms with Crippen LogP contribution in [0.2, 0.25) is 0 Å². The van der Waals surface area contributed by atoms with E-state index in [-0.39, 0.29) is 18.1 Å². The van der Waals surface area contributed by atoms with Crippen molar-refractivity contribution in [1.82, 2.24) is 15.2 Å². The topological polar surface area (TPSA) is 54.5 Å². The zero-order chi connectivity index (χ0) is 14.5. The SMILES string of the molecule is CCOC(C)c1nc(CC(=O)N2CCNC[C@@H]2C)cs1. The van der Waals surface area contributed by atoms with Gasteiger partial charge in [-0.2, -0.15) is 0 Å². The van der Waals surface area contributed by atoms with Gasteiger partial charge in [-0.3, -0.25) is 4.79 Å². The second-order valence-electron chi connectivity index (χ2n) is 5.09. The maximum atomic E-state index is 12.3. The number of nitrogens with zero attached hydrogens (tertiary/aromatic N) is 2. The van der Waals surface area contributed by atoms with Crippen LogP contribution < -0.4 is 5.32 Å². The van der Waals surface area contributed by atoms with Gasteiger partial charge in [-0.05, 0) is 20.8 Å². The summed E-state index contributed by atoms with van der Waals surface area (Å²) in [6, 6.07) is 0.261. The fourth-order valence-electron chi connectivity index (χ4n) is 2.38. The Bertz CT molecular complexity index is 449. The number of hydrogen-bond donors (Lipinski definition) is 1. The van der Waals surface area contributed by atoms with Crippen molar-refractivity contribution in [3.05, 3.63) is 16.1 Å². The van der Waals surface area contributed by atoms with Crippen LogP contribution in [0.25, 0.3) is 0 Å². The fraction of sp³-hybridized carbons (Fsp3) is 0.714. The summed E-state index contributed by atoms with van der Waals surface area (Å²) in [5.74, 6) is 0.167. The number of carbonyl (C=O) groups excluding carboxylic acids is 1. The summed E-state index contributed by atoms with van der Waals surface area (Å²) in [5, 5.41) is 6.21. The van der Waals surface area contributed by atoms with E-state index in [4.69, 9.17) is 4.74 Å². The number of rotatable bonds is 5. The molecule has 2 heterocycles. The van der Waals surface area contributed by atoms with Gasteiger partial charge in [0.2, 0.25) is 5.91 Å². The third-order valence-corrected chi connectivity index (χ3v) is 4.54. The molecule has 1 aliphatic rings. The van der Waals surface area contributed by atoms with E-state index in [2.05, 4.69) is 17.2 Å². The summed E-state index contributed by atoms with van der Waals surface area (Å²) in [7, 11) is 0. The summed E-state index contributed by atoms with van der Waals surface area (Å²) in [4.78, 5) is 18.8. The lowest BCUT2D eigenvalue weighted by atomic mass is 10.2. The highest BCUT2D eigenvalue weighted by Gasteiger charge is 2.23. The first-order chi connectivity index (χ1) is 9.61. The Morgan fingerprint density at radius 2 is 2.50 bits per heavy atom. The molecule has 1 unspecified atom stereocenters. The molecule has 20 heavy (non-hydrogen) atoms. The molecule has 2 atom stereocenters. The smallest absolute Gasteiger partial charge is 0.228 e. The minimum absolute atomic E-state index is 0.00645. The summed E-state index contributed by atoms with van der Waals surface area (Å²) in [6.45, 7) is 9.25. The van der Waals surface area contributed by atoms with Gasteiger partial charge >= 0.3 is 0 Å². The largest absolute Gasteiger partial charge is 0.372 e. The van der Waals surface area contributed by atoms with Crippen molar-refractivity contribution in [3.63, 3.8) is 0 Å². The molecule has 0 saturated carbocycles. The van der Waals surface area contributed by atoms with Crippen molar-refractivity contribution in [3.8, 4) is 0 Å². The van der Waals surface area contributed by atoms with E-state index in [1.54, 1.807) is 11.3 Å². The zero-order valence-corrected chi connectivity index (χ0v) is 13.2. The van der Waals surface area contributed by atoms with Crippen LogP contribution in [-0.4, -0.2) is 48.1 Å². The third-order valence-electron chi connectivity index (χ3n) is 3.49. The Labute approximate surface area is 124 Å². The van der Waals surface area contributed by atoms with Gasteiger partial charge in [0.25, 0.3) is 0 Å². The summed E-state index contributed by atoms with van der Waals surface area (Å²) in [5.41, 5.74) is 0.854. The number of hydrogen-bond acceptors (Lipinski definition) is 5. The molecule has 2 rings (SSSR count). The van der Waals surface area contributed by atoms with Gasteiger partial charge in [0.05, 0.1) is 12.1 Å². The van der Waals surface area contributed by atoms with Gasteiger partial charge in [0.1, 0.15) is 11.1 Å².